The first kappa shape index (κ1) is 19.8. The first-order chi connectivity index (χ1) is 15.7. The number of nitrogens with zero attached hydrogens (tertiary/aromatic N) is 5. The molecule has 6 rings (SSSR count). The Labute approximate surface area is 188 Å². The highest BCUT2D eigenvalue weighted by atomic mass is 16.5. The van der Waals surface area contributed by atoms with E-state index in [1.54, 1.807) is 7.11 Å². The first-order valence-corrected chi connectivity index (χ1v) is 11.2. The van der Waals surface area contributed by atoms with Gasteiger partial charge in [-0.3, -0.25) is 4.57 Å². The van der Waals surface area contributed by atoms with Gasteiger partial charge in [0.15, 0.2) is 5.65 Å². The summed E-state index contributed by atoms with van der Waals surface area (Å²) < 4.78 is 13.5. The minimum Gasteiger partial charge on any atom is -0.497 e. The summed E-state index contributed by atoms with van der Waals surface area (Å²) in [7, 11) is 7.84. The van der Waals surface area contributed by atoms with Crippen molar-refractivity contribution in [2.45, 2.75) is 25.5 Å². The third kappa shape index (κ3) is 3.27. The van der Waals surface area contributed by atoms with Crippen molar-refractivity contribution in [2.24, 2.45) is 0 Å². The van der Waals surface area contributed by atoms with Crippen LogP contribution in [0.3, 0.4) is 0 Å². The maximum atomic E-state index is 6.22. The lowest BCUT2D eigenvalue weighted by Gasteiger charge is -2.24. The van der Waals surface area contributed by atoms with Gasteiger partial charge in [-0.1, -0.05) is 11.5 Å². The molecule has 0 amide bonds. The quantitative estimate of drug-likeness (QED) is 0.501. The Kier molecular flexibility index (Phi) is 4.88. The fourth-order valence-electron chi connectivity index (χ4n) is 4.89. The van der Waals surface area contributed by atoms with Crippen LogP contribution in [0.15, 0.2) is 35.7 Å². The van der Waals surface area contributed by atoms with Crippen LogP contribution in [0.25, 0.3) is 22.4 Å². The van der Waals surface area contributed by atoms with E-state index in [9.17, 15) is 0 Å². The molecule has 1 atom stereocenters. The van der Waals surface area contributed by atoms with Crippen LogP contribution in [0.5, 0.6) is 5.75 Å². The number of aromatic nitrogens is 4. The van der Waals surface area contributed by atoms with Gasteiger partial charge in [0.25, 0.3) is 0 Å². The summed E-state index contributed by atoms with van der Waals surface area (Å²) in [5.74, 6) is 1.36. The van der Waals surface area contributed by atoms with Gasteiger partial charge >= 0.3 is 0 Å². The van der Waals surface area contributed by atoms with Crippen LogP contribution in [0, 0.1) is 0 Å². The summed E-state index contributed by atoms with van der Waals surface area (Å²) in [6, 6.07) is 5.74. The molecule has 2 aromatic heterocycles. The van der Waals surface area contributed by atoms with Gasteiger partial charge in [0.2, 0.25) is 5.95 Å². The number of benzene rings is 1. The number of hydrogen-bond acceptors (Lipinski definition) is 7. The molecule has 32 heavy (non-hydrogen) atoms. The smallest absolute Gasteiger partial charge is 0.228 e. The van der Waals surface area contributed by atoms with E-state index in [1.165, 1.54) is 11.1 Å². The Morgan fingerprint density at radius 1 is 1.16 bits per heavy atom. The van der Waals surface area contributed by atoms with Gasteiger partial charge in [-0.2, -0.15) is 4.98 Å². The van der Waals surface area contributed by atoms with Crippen LogP contribution in [0.4, 0.5) is 5.95 Å². The predicted octanol–water partition coefficient (Wildman–Crippen LogP) is 1.71. The molecule has 0 spiro atoms. The Hall–Kier alpha value is -2.91. The fraction of sp³-hybridized carbons (Fsp3) is 0.435. The third-order valence-corrected chi connectivity index (χ3v) is 6.60. The molecular weight excluding hydrogens is 403 g/mol. The summed E-state index contributed by atoms with van der Waals surface area (Å²) in [4.78, 5) is 16.9. The van der Waals surface area contributed by atoms with Crippen molar-refractivity contribution in [3.8, 4) is 17.0 Å². The van der Waals surface area contributed by atoms with Crippen molar-refractivity contribution < 1.29 is 9.47 Å². The Balaban J connectivity index is 1.48. The second-order valence-corrected chi connectivity index (χ2v) is 8.64. The zero-order chi connectivity index (χ0) is 21.7. The molecule has 8 nitrogen and oxygen atoms in total. The molecule has 0 bridgehead atoms. The van der Waals surface area contributed by atoms with E-state index >= 15 is 0 Å². The van der Waals surface area contributed by atoms with Gasteiger partial charge in [0.05, 0.1) is 13.4 Å². The molecule has 9 heteroatoms. The van der Waals surface area contributed by atoms with Gasteiger partial charge in [-0.25, -0.2) is 9.97 Å². The summed E-state index contributed by atoms with van der Waals surface area (Å²) in [6.45, 7) is 4.37. The summed E-state index contributed by atoms with van der Waals surface area (Å²) in [5, 5.41) is 3.43. The molecule has 0 saturated carbocycles. The third-order valence-electron chi connectivity index (χ3n) is 6.60. The van der Waals surface area contributed by atoms with Gasteiger partial charge in [0.1, 0.15) is 31.0 Å². The molecule has 3 aliphatic heterocycles. The van der Waals surface area contributed by atoms with E-state index in [1.807, 2.05) is 24.5 Å². The molecule has 1 aromatic carbocycles. The first-order valence-electron chi connectivity index (χ1n) is 11.2. The lowest BCUT2D eigenvalue weighted by Crippen LogP contribution is -2.28. The highest BCUT2D eigenvalue weighted by molar-refractivity contribution is 6.34. The zero-order valence-corrected chi connectivity index (χ0v) is 18.2. The van der Waals surface area contributed by atoms with E-state index in [0.29, 0.717) is 17.2 Å². The van der Waals surface area contributed by atoms with Crippen molar-refractivity contribution in [1.29, 1.82) is 0 Å². The van der Waals surface area contributed by atoms with E-state index in [2.05, 4.69) is 14.8 Å². The van der Waals surface area contributed by atoms with Crippen LogP contribution in [-0.2, 0) is 4.74 Å². The largest absolute Gasteiger partial charge is 0.497 e. The topological polar surface area (TPSA) is 77.3 Å². The molecule has 0 aliphatic carbocycles. The number of hydrogen-bond donors (Lipinski definition) is 1. The minimum absolute atomic E-state index is 0.0452. The van der Waals surface area contributed by atoms with Crippen LogP contribution in [0.1, 0.15) is 25.5 Å². The van der Waals surface area contributed by atoms with Crippen molar-refractivity contribution in [2.75, 3.05) is 44.8 Å². The van der Waals surface area contributed by atoms with Crippen molar-refractivity contribution in [3.05, 3.63) is 35.7 Å². The molecular formula is C23H25BN6O2. The maximum absolute atomic E-state index is 6.22. The standard InChI is InChI=1S/C23H25BN6O2/c1-31-18-6-5-14(8-17(18)24)20-21-22(30(13-26-21)19-4-2-3-7-32-19)28-23(27-20)29-11-15-9-25-10-16(15)12-29/h5-6,8,13,19,25H,2-4,7,9-12H2,1H3. The lowest BCUT2D eigenvalue weighted by atomic mass is 9.92. The molecule has 3 aliphatic rings. The lowest BCUT2D eigenvalue weighted by molar-refractivity contribution is -0.0298. The Bertz CT molecular complexity index is 1200. The fourth-order valence-corrected chi connectivity index (χ4v) is 4.89. The molecule has 3 aromatic rings. The molecule has 162 valence electrons. The SMILES string of the molecule is [B]c1cc(-c2nc(N3CC4=C(CNC4)C3)nc3c2ncn3C2CCCCO2)ccc1OC. The van der Waals surface area contributed by atoms with Crippen LogP contribution in [-0.4, -0.2) is 67.3 Å². The molecule has 5 heterocycles. The van der Waals surface area contributed by atoms with Crippen LogP contribution in [0.2, 0.25) is 0 Å². The number of methoxy groups -OCH3 is 1. The minimum atomic E-state index is -0.0452. The number of imidazole rings is 1. The van der Waals surface area contributed by atoms with Gasteiger partial charge in [-0.05, 0) is 42.5 Å². The molecule has 1 N–H and O–H groups in total. The average molecular weight is 428 g/mol. The highest BCUT2D eigenvalue weighted by Gasteiger charge is 2.29. The molecule has 1 saturated heterocycles. The summed E-state index contributed by atoms with van der Waals surface area (Å²) >= 11 is 0. The Morgan fingerprint density at radius 2 is 2.00 bits per heavy atom. The summed E-state index contributed by atoms with van der Waals surface area (Å²) in [6.07, 6.45) is 4.98. The monoisotopic (exact) mass is 428 g/mol. The number of nitrogens with one attached hydrogen (secondary N) is 1. The second kappa shape index (κ2) is 7.90. The van der Waals surface area contributed by atoms with Crippen LogP contribution >= 0.6 is 0 Å². The van der Waals surface area contributed by atoms with E-state index in [4.69, 9.17) is 32.3 Å². The number of anilines is 1. The number of ether oxygens (including phenoxy) is 2. The van der Waals surface area contributed by atoms with Crippen molar-refractivity contribution in [1.82, 2.24) is 24.8 Å². The van der Waals surface area contributed by atoms with Crippen LogP contribution < -0.4 is 20.4 Å². The predicted molar refractivity (Wildman–Crippen MR) is 124 cm³/mol. The van der Waals surface area contributed by atoms with Gasteiger partial charge in [0, 0.05) is 38.3 Å². The van der Waals surface area contributed by atoms with E-state index < -0.39 is 0 Å². The van der Waals surface area contributed by atoms with Gasteiger partial charge in [-0.15, -0.1) is 0 Å². The van der Waals surface area contributed by atoms with Crippen molar-refractivity contribution >= 4 is 30.4 Å². The van der Waals surface area contributed by atoms with Crippen molar-refractivity contribution in [3.63, 3.8) is 0 Å². The van der Waals surface area contributed by atoms with Gasteiger partial charge < -0.3 is 19.7 Å². The summed E-state index contributed by atoms with van der Waals surface area (Å²) in [5.41, 5.74) is 6.71. The molecule has 1 unspecified atom stereocenters. The highest BCUT2D eigenvalue weighted by Crippen LogP contribution is 2.33. The number of fused-ring (bicyclic) bond motifs is 1. The van der Waals surface area contributed by atoms with E-state index in [0.717, 1.165) is 74.5 Å². The maximum Gasteiger partial charge on any atom is 0.228 e. The molecule has 2 radical (unpaired) electrons. The normalized spacial score (nSPS) is 20.9. The zero-order valence-electron chi connectivity index (χ0n) is 18.2. The Morgan fingerprint density at radius 3 is 2.72 bits per heavy atom. The van der Waals surface area contributed by atoms with E-state index in [-0.39, 0.29) is 6.23 Å². The second-order valence-electron chi connectivity index (χ2n) is 8.64. The molecule has 1 fully saturated rings. The number of rotatable bonds is 4. The average Bonchev–Trinajstić information content (AvgIpc) is 3.53.